The second-order valence-corrected chi connectivity index (χ2v) is 6.33. The lowest BCUT2D eigenvalue weighted by Gasteiger charge is -2.09. The molecule has 0 radical (unpaired) electrons. The zero-order valence-corrected chi connectivity index (χ0v) is 11.8. The van der Waals surface area contributed by atoms with Gasteiger partial charge in [0.1, 0.15) is 11.3 Å². The van der Waals surface area contributed by atoms with Crippen molar-refractivity contribution in [1.82, 2.24) is 9.55 Å². The topological polar surface area (TPSA) is 34.9 Å². The SMILES string of the molecule is CC(Cl)c1nc2c(F)cccc2n1CCS(C)=O. The van der Waals surface area contributed by atoms with Gasteiger partial charge >= 0.3 is 0 Å². The third kappa shape index (κ3) is 2.57. The first-order valence-electron chi connectivity index (χ1n) is 5.59. The van der Waals surface area contributed by atoms with Crippen molar-refractivity contribution in [3.8, 4) is 0 Å². The Morgan fingerprint density at radius 3 is 2.89 bits per heavy atom. The zero-order valence-electron chi connectivity index (χ0n) is 10.2. The maximum absolute atomic E-state index is 13.7. The highest BCUT2D eigenvalue weighted by atomic mass is 35.5. The number of rotatable bonds is 4. The maximum Gasteiger partial charge on any atom is 0.151 e. The fourth-order valence-corrected chi connectivity index (χ4v) is 2.50. The van der Waals surface area contributed by atoms with Crippen LogP contribution in [-0.4, -0.2) is 25.8 Å². The van der Waals surface area contributed by atoms with E-state index in [2.05, 4.69) is 4.98 Å². The molecule has 1 aromatic carbocycles. The quantitative estimate of drug-likeness (QED) is 0.811. The molecule has 18 heavy (non-hydrogen) atoms. The number of fused-ring (bicyclic) bond motifs is 1. The van der Waals surface area contributed by atoms with Gasteiger partial charge in [0, 0.05) is 29.4 Å². The van der Waals surface area contributed by atoms with Gasteiger partial charge in [0.2, 0.25) is 0 Å². The van der Waals surface area contributed by atoms with Crippen LogP contribution in [0.5, 0.6) is 0 Å². The number of hydrogen-bond acceptors (Lipinski definition) is 2. The molecule has 6 heteroatoms. The first kappa shape index (κ1) is 13.5. The number of halogens is 2. The fourth-order valence-electron chi connectivity index (χ4n) is 1.89. The van der Waals surface area contributed by atoms with Crippen LogP contribution >= 0.6 is 11.6 Å². The largest absolute Gasteiger partial charge is 0.326 e. The summed E-state index contributed by atoms with van der Waals surface area (Å²) in [6.45, 7) is 2.32. The standard InChI is InChI=1S/C12H14ClFN2OS/c1-8(13)12-15-11-9(14)4-3-5-10(11)16(12)6-7-18(2)17/h3-5,8H,6-7H2,1-2H3. The number of alkyl halides is 1. The van der Waals surface area contributed by atoms with E-state index in [1.54, 1.807) is 25.3 Å². The van der Waals surface area contributed by atoms with Crippen LogP contribution in [0.15, 0.2) is 18.2 Å². The molecule has 0 amide bonds. The summed E-state index contributed by atoms with van der Waals surface area (Å²) >= 11 is 6.07. The molecular formula is C12H14ClFN2OS. The van der Waals surface area contributed by atoms with Crippen LogP contribution in [0, 0.1) is 5.82 Å². The van der Waals surface area contributed by atoms with Gasteiger partial charge < -0.3 is 4.57 Å². The van der Waals surface area contributed by atoms with Gasteiger partial charge in [-0.2, -0.15) is 0 Å². The monoisotopic (exact) mass is 288 g/mol. The summed E-state index contributed by atoms with van der Waals surface area (Å²) in [6.07, 6.45) is 1.64. The second kappa shape index (κ2) is 5.36. The molecule has 2 atom stereocenters. The molecule has 2 unspecified atom stereocenters. The molecule has 0 spiro atoms. The van der Waals surface area contributed by atoms with E-state index in [0.29, 0.717) is 29.2 Å². The van der Waals surface area contributed by atoms with Gasteiger partial charge in [0.25, 0.3) is 0 Å². The molecule has 0 N–H and O–H groups in total. The van der Waals surface area contributed by atoms with Crippen molar-refractivity contribution in [2.45, 2.75) is 18.8 Å². The molecule has 0 fully saturated rings. The van der Waals surface area contributed by atoms with E-state index >= 15 is 0 Å². The predicted molar refractivity (Wildman–Crippen MR) is 72.9 cm³/mol. The van der Waals surface area contributed by atoms with Gasteiger partial charge in [0.05, 0.1) is 10.9 Å². The number of aromatic nitrogens is 2. The summed E-state index contributed by atoms with van der Waals surface area (Å²) in [5, 5.41) is -0.318. The van der Waals surface area contributed by atoms with Crippen LogP contribution in [0.2, 0.25) is 0 Å². The molecule has 2 rings (SSSR count). The molecule has 98 valence electrons. The molecule has 0 saturated heterocycles. The third-order valence-electron chi connectivity index (χ3n) is 2.72. The lowest BCUT2D eigenvalue weighted by Crippen LogP contribution is -2.10. The van der Waals surface area contributed by atoms with Gasteiger partial charge in [-0.25, -0.2) is 9.37 Å². The molecule has 3 nitrogen and oxygen atoms in total. The van der Waals surface area contributed by atoms with Crippen molar-refractivity contribution in [2.75, 3.05) is 12.0 Å². The first-order chi connectivity index (χ1) is 8.50. The minimum atomic E-state index is -0.905. The smallest absolute Gasteiger partial charge is 0.151 e. The van der Waals surface area contributed by atoms with Crippen molar-refractivity contribution in [3.63, 3.8) is 0 Å². The molecule has 1 aromatic heterocycles. The molecular weight excluding hydrogens is 275 g/mol. The lowest BCUT2D eigenvalue weighted by molar-refractivity contribution is 0.637. The minimum Gasteiger partial charge on any atom is -0.326 e. The molecule has 0 aliphatic carbocycles. The number of benzene rings is 1. The number of hydrogen-bond donors (Lipinski definition) is 0. The summed E-state index contributed by atoms with van der Waals surface area (Å²) < 4.78 is 26.7. The Hall–Kier alpha value is -0.940. The summed E-state index contributed by atoms with van der Waals surface area (Å²) in [5.41, 5.74) is 1.02. The van der Waals surface area contributed by atoms with Gasteiger partial charge in [-0.05, 0) is 19.1 Å². The van der Waals surface area contributed by atoms with E-state index in [0.717, 1.165) is 0 Å². The molecule has 0 aliphatic rings. The average Bonchev–Trinajstić information content (AvgIpc) is 2.66. The highest BCUT2D eigenvalue weighted by Gasteiger charge is 2.16. The van der Waals surface area contributed by atoms with Gasteiger partial charge in [0.15, 0.2) is 5.82 Å². The third-order valence-corrected chi connectivity index (χ3v) is 3.67. The minimum absolute atomic E-state index is 0.318. The van der Waals surface area contributed by atoms with Crippen molar-refractivity contribution in [2.24, 2.45) is 0 Å². The van der Waals surface area contributed by atoms with Crippen LogP contribution in [0.25, 0.3) is 11.0 Å². The van der Waals surface area contributed by atoms with Crippen molar-refractivity contribution in [1.29, 1.82) is 0 Å². The summed E-state index contributed by atoms with van der Waals surface area (Å²) in [4.78, 5) is 4.25. The zero-order chi connectivity index (χ0) is 13.3. The summed E-state index contributed by atoms with van der Waals surface area (Å²) in [7, 11) is -0.905. The Kier molecular flexibility index (Phi) is 4.02. The van der Waals surface area contributed by atoms with Crippen LogP contribution < -0.4 is 0 Å². The molecule has 1 heterocycles. The Morgan fingerprint density at radius 2 is 2.28 bits per heavy atom. The van der Waals surface area contributed by atoms with E-state index in [4.69, 9.17) is 11.6 Å². The average molecular weight is 289 g/mol. The molecule has 0 bridgehead atoms. The molecule has 2 aromatic rings. The van der Waals surface area contributed by atoms with Crippen LogP contribution in [0.1, 0.15) is 18.1 Å². The van der Waals surface area contributed by atoms with E-state index in [1.807, 2.05) is 4.57 Å². The van der Waals surface area contributed by atoms with Crippen LogP contribution in [0.3, 0.4) is 0 Å². The molecule has 0 saturated carbocycles. The Morgan fingerprint density at radius 1 is 1.56 bits per heavy atom. The Labute approximate surface area is 112 Å². The number of aryl methyl sites for hydroxylation is 1. The van der Waals surface area contributed by atoms with E-state index in [1.165, 1.54) is 6.07 Å². The van der Waals surface area contributed by atoms with Crippen molar-refractivity contribution in [3.05, 3.63) is 29.8 Å². The predicted octanol–water partition coefficient (Wildman–Crippen LogP) is 2.85. The maximum atomic E-state index is 13.7. The number of para-hydroxylation sites is 1. The highest BCUT2D eigenvalue weighted by molar-refractivity contribution is 7.84. The number of nitrogens with zero attached hydrogens (tertiary/aromatic N) is 2. The van der Waals surface area contributed by atoms with E-state index in [-0.39, 0.29) is 11.2 Å². The van der Waals surface area contributed by atoms with Crippen LogP contribution in [0.4, 0.5) is 4.39 Å². The van der Waals surface area contributed by atoms with E-state index < -0.39 is 10.8 Å². The van der Waals surface area contributed by atoms with Crippen molar-refractivity contribution < 1.29 is 8.60 Å². The summed E-state index contributed by atoms with van der Waals surface area (Å²) in [5.74, 6) is 0.753. The number of imidazole rings is 1. The highest BCUT2D eigenvalue weighted by Crippen LogP contribution is 2.25. The second-order valence-electron chi connectivity index (χ2n) is 4.12. The van der Waals surface area contributed by atoms with Crippen LogP contribution in [-0.2, 0) is 17.3 Å². The van der Waals surface area contributed by atoms with Gasteiger partial charge in [-0.1, -0.05) is 6.07 Å². The Bertz CT molecular complexity index is 597. The Balaban J connectivity index is 2.55. The van der Waals surface area contributed by atoms with E-state index in [9.17, 15) is 8.60 Å². The fraction of sp³-hybridized carbons (Fsp3) is 0.417. The van der Waals surface area contributed by atoms with Gasteiger partial charge in [-0.15, -0.1) is 11.6 Å². The molecule has 0 aliphatic heterocycles. The first-order valence-corrected chi connectivity index (χ1v) is 7.76. The van der Waals surface area contributed by atoms with Crippen molar-refractivity contribution >= 4 is 33.4 Å². The lowest BCUT2D eigenvalue weighted by atomic mass is 10.3. The van der Waals surface area contributed by atoms with Gasteiger partial charge in [-0.3, -0.25) is 4.21 Å². The normalized spacial score (nSPS) is 14.9. The summed E-state index contributed by atoms with van der Waals surface area (Å²) in [6, 6.07) is 4.81.